The molecule has 2 aromatic rings. The highest BCUT2D eigenvalue weighted by atomic mass is 16.5. The van der Waals surface area contributed by atoms with Crippen LogP contribution in [0.3, 0.4) is 0 Å². The van der Waals surface area contributed by atoms with Gasteiger partial charge in [0.15, 0.2) is 0 Å². The van der Waals surface area contributed by atoms with Crippen LogP contribution in [0.5, 0.6) is 5.75 Å². The minimum atomic E-state index is -0.153. The van der Waals surface area contributed by atoms with Gasteiger partial charge in [0.1, 0.15) is 5.75 Å². The van der Waals surface area contributed by atoms with Gasteiger partial charge in [-0.2, -0.15) is 0 Å². The first-order valence-electron chi connectivity index (χ1n) is 9.21. The Morgan fingerprint density at radius 1 is 1.15 bits per heavy atom. The fourth-order valence-electron chi connectivity index (χ4n) is 3.31. The molecule has 0 aromatic heterocycles. The monoisotopic (exact) mass is 353 g/mol. The Morgan fingerprint density at radius 3 is 2.65 bits per heavy atom. The highest BCUT2D eigenvalue weighted by Crippen LogP contribution is 2.25. The molecule has 3 rings (SSSR count). The van der Waals surface area contributed by atoms with Crippen molar-refractivity contribution in [2.24, 2.45) is 5.92 Å². The number of hydrogen-bond acceptors (Lipinski definition) is 3. The zero-order valence-electron chi connectivity index (χ0n) is 15.3. The van der Waals surface area contributed by atoms with Crippen LogP contribution in [0.25, 0.3) is 0 Å². The molecule has 0 spiro atoms. The lowest BCUT2D eigenvalue weighted by Crippen LogP contribution is -2.37. The Hall–Kier alpha value is -2.53. The van der Waals surface area contributed by atoms with Gasteiger partial charge in [-0.15, -0.1) is 0 Å². The number of benzene rings is 2. The fourth-order valence-corrected chi connectivity index (χ4v) is 3.31. The van der Waals surface area contributed by atoms with E-state index in [4.69, 9.17) is 4.74 Å². The molecule has 0 aliphatic carbocycles. The second-order valence-electron chi connectivity index (χ2n) is 6.72. The third-order valence-corrected chi connectivity index (χ3v) is 4.79. The average Bonchev–Trinajstić information content (AvgIpc) is 2.68. The maximum Gasteiger partial charge on any atom is 0.319 e. The minimum Gasteiger partial charge on any atom is -0.496 e. The number of anilines is 1. The van der Waals surface area contributed by atoms with Crippen LogP contribution in [0.1, 0.15) is 24.0 Å². The van der Waals surface area contributed by atoms with Crippen LogP contribution in [-0.4, -0.2) is 32.8 Å². The lowest BCUT2D eigenvalue weighted by Gasteiger charge is -2.22. The molecule has 0 radical (unpaired) electrons. The van der Waals surface area contributed by atoms with Gasteiger partial charge in [-0.1, -0.05) is 30.3 Å². The molecule has 1 heterocycles. The predicted octanol–water partition coefficient (Wildman–Crippen LogP) is 3.41. The summed E-state index contributed by atoms with van der Waals surface area (Å²) in [5.74, 6) is 1.39. The van der Waals surface area contributed by atoms with E-state index in [2.05, 4.69) is 28.1 Å². The molecule has 0 saturated carbocycles. The molecular formula is C21H27N3O2. The molecular weight excluding hydrogens is 326 g/mol. The quantitative estimate of drug-likeness (QED) is 0.746. The normalized spacial score (nSPS) is 14.7. The van der Waals surface area contributed by atoms with E-state index in [9.17, 15) is 4.79 Å². The topological polar surface area (TPSA) is 62.4 Å². The van der Waals surface area contributed by atoms with E-state index in [-0.39, 0.29) is 6.03 Å². The summed E-state index contributed by atoms with van der Waals surface area (Å²) in [6.07, 6.45) is 2.99. The molecule has 0 unspecified atom stereocenters. The van der Waals surface area contributed by atoms with E-state index in [1.807, 2.05) is 36.4 Å². The Balaban J connectivity index is 1.60. The van der Waals surface area contributed by atoms with Crippen LogP contribution in [0.15, 0.2) is 48.5 Å². The van der Waals surface area contributed by atoms with Gasteiger partial charge in [0.05, 0.1) is 7.11 Å². The Kier molecular flexibility index (Phi) is 6.50. The summed E-state index contributed by atoms with van der Waals surface area (Å²) in [4.78, 5) is 12.2. The number of piperidine rings is 1. The molecule has 26 heavy (non-hydrogen) atoms. The van der Waals surface area contributed by atoms with Gasteiger partial charge < -0.3 is 20.7 Å². The van der Waals surface area contributed by atoms with E-state index in [1.165, 1.54) is 5.56 Å². The Labute approximate surface area is 155 Å². The lowest BCUT2D eigenvalue weighted by atomic mass is 9.98. The molecule has 1 aliphatic heterocycles. The van der Waals surface area contributed by atoms with Crippen molar-refractivity contribution in [3.63, 3.8) is 0 Å². The van der Waals surface area contributed by atoms with E-state index >= 15 is 0 Å². The van der Waals surface area contributed by atoms with Crippen LogP contribution < -0.4 is 20.7 Å². The van der Waals surface area contributed by atoms with Crippen molar-refractivity contribution in [1.29, 1.82) is 0 Å². The first-order valence-corrected chi connectivity index (χ1v) is 9.21. The number of amides is 2. The number of methoxy groups -OCH3 is 1. The number of ether oxygens (including phenoxy) is 1. The first-order chi connectivity index (χ1) is 12.7. The third-order valence-electron chi connectivity index (χ3n) is 4.79. The van der Waals surface area contributed by atoms with Gasteiger partial charge >= 0.3 is 6.03 Å². The highest BCUT2D eigenvalue weighted by molar-refractivity contribution is 5.89. The van der Waals surface area contributed by atoms with Gasteiger partial charge in [0.2, 0.25) is 0 Å². The largest absolute Gasteiger partial charge is 0.496 e. The Morgan fingerprint density at radius 2 is 1.92 bits per heavy atom. The SMILES string of the molecule is COc1ccc(NC(=O)NCC2CCNCC2)cc1Cc1ccccc1. The van der Waals surface area contributed by atoms with Gasteiger partial charge in [-0.25, -0.2) is 4.79 Å². The summed E-state index contributed by atoms with van der Waals surface area (Å²) in [7, 11) is 1.67. The molecule has 0 bridgehead atoms. The number of urea groups is 1. The zero-order chi connectivity index (χ0) is 18.2. The maximum absolute atomic E-state index is 12.2. The average molecular weight is 353 g/mol. The number of carbonyl (C=O) groups excluding carboxylic acids is 1. The third kappa shape index (κ3) is 5.23. The van der Waals surface area contributed by atoms with Crippen LogP contribution in [0, 0.1) is 5.92 Å². The summed E-state index contributed by atoms with van der Waals surface area (Å²) in [5.41, 5.74) is 3.03. The van der Waals surface area contributed by atoms with Gasteiger partial charge in [0.25, 0.3) is 0 Å². The molecule has 138 valence electrons. The van der Waals surface area contributed by atoms with E-state index < -0.39 is 0 Å². The summed E-state index contributed by atoms with van der Waals surface area (Å²) in [6, 6.07) is 15.8. The minimum absolute atomic E-state index is 0.153. The van der Waals surface area contributed by atoms with Crippen LogP contribution in [0.2, 0.25) is 0 Å². The van der Waals surface area contributed by atoms with Crippen molar-refractivity contribution in [2.75, 3.05) is 32.1 Å². The summed E-state index contributed by atoms with van der Waals surface area (Å²) < 4.78 is 5.47. The number of hydrogen-bond donors (Lipinski definition) is 3. The van der Waals surface area contributed by atoms with Crippen LogP contribution in [0.4, 0.5) is 10.5 Å². The van der Waals surface area contributed by atoms with E-state index in [0.29, 0.717) is 5.92 Å². The van der Waals surface area contributed by atoms with Crippen molar-refractivity contribution >= 4 is 11.7 Å². The molecule has 0 atom stereocenters. The standard InChI is InChI=1S/C21H27N3O2/c1-26-20-8-7-19(14-18(20)13-16-5-3-2-4-6-16)24-21(25)23-15-17-9-11-22-12-10-17/h2-8,14,17,22H,9-13,15H2,1H3,(H2,23,24,25). The smallest absolute Gasteiger partial charge is 0.319 e. The van der Waals surface area contributed by atoms with Crippen molar-refractivity contribution in [3.05, 3.63) is 59.7 Å². The second kappa shape index (κ2) is 9.25. The number of nitrogens with one attached hydrogen (secondary N) is 3. The van der Waals surface area contributed by atoms with Gasteiger partial charge in [0, 0.05) is 24.2 Å². The van der Waals surface area contributed by atoms with Crippen molar-refractivity contribution in [3.8, 4) is 5.75 Å². The zero-order valence-corrected chi connectivity index (χ0v) is 15.3. The number of carbonyl (C=O) groups is 1. The molecule has 1 fully saturated rings. The van der Waals surface area contributed by atoms with E-state index in [1.54, 1.807) is 7.11 Å². The summed E-state index contributed by atoms with van der Waals surface area (Å²) in [6.45, 7) is 2.80. The van der Waals surface area contributed by atoms with Gasteiger partial charge in [-0.3, -0.25) is 0 Å². The van der Waals surface area contributed by atoms with Crippen LogP contribution in [-0.2, 0) is 6.42 Å². The molecule has 2 aromatic carbocycles. The highest BCUT2D eigenvalue weighted by Gasteiger charge is 2.14. The first kappa shape index (κ1) is 18.3. The van der Waals surface area contributed by atoms with Crippen molar-refractivity contribution in [1.82, 2.24) is 10.6 Å². The molecule has 3 N–H and O–H groups in total. The summed E-state index contributed by atoms with van der Waals surface area (Å²) in [5, 5.41) is 9.27. The van der Waals surface area contributed by atoms with Crippen molar-refractivity contribution < 1.29 is 9.53 Å². The second-order valence-corrected chi connectivity index (χ2v) is 6.72. The predicted molar refractivity (Wildman–Crippen MR) is 105 cm³/mol. The van der Waals surface area contributed by atoms with E-state index in [0.717, 1.165) is 55.9 Å². The summed E-state index contributed by atoms with van der Waals surface area (Å²) >= 11 is 0. The lowest BCUT2D eigenvalue weighted by molar-refractivity contribution is 0.248. The molecule has 5 nitrogen and oxygen atoms in total. The Bertz CT molecular complexity index is 712. The van der Waals surface area contributed by atoms with Crippen molar-refractivity contribution in [2.45, 2.75) is 19.3 Å². The fraction of sp³-hybridized carbons (Fsp3) is 0.381. The van der Waals surface area contributed by atoms with Gasteiger partial charge in [-0.05, 0) is 55.6 Å². The molecule has 1 aliphatic rings. The molecule has 2 amide bonds. The maximum atomic E-state index is 12.2. The molecule has 1 saturated heterocycles. The number of rotatable bonds is 6. The molecule has 5 heteroatoms. The van der Waals surface area contributed by atoms with Crippen LogP contribution >= 0.6 is 0 Å².